The summed E-state index contributed by atoms with van der Waals surface area (Å²) in [4.78, 5) is 20.9. The van der Waals surface area contributed by atoms with E-state index < -0.39 is 0 Å². The van der Waals surface area contributed by atoms with Crippen molar-refractivity contribution in [1.29, 1.82) is 0 Å². The van der Waals surface area contributed by atoms with Crippen LogP contribution in [0.3, 0.4) is 0 Å². The number of carbonyl (C=O) groups is 1. The molecule has 0 bridgehead atoms. The summed E-state index contributed by atoms with van der Waals surface area (Å²) in [5.41, 5.74) is 2.14. The summed E-state index contributed by atoms with van der Waals surface area (Å²) in [7, 11) is 0. The number of amides is 1. The van der Waals surface area contributed by atoms with E-state index in [2.05, 4.69) is 32.4 Å². The lowest BCUT2D eigenvalue weighted by Gasteiger charge is -2.11. The van der Waals surface area contributed by atoms with Crippen molar-refractivity contribution in [2.24, 2.45) is 0 Å². The van der Waals surface area contributed by atoms with E-state index in [0.717, 1.165) is 35.5 Å². The molecule has 7 nitrogen and oxygen atoms in total. The monoisotopic (exact) mass is 498 g/mol. The van der Waals surface area contributed by atoms with Crippen molar-refractivity contribution in [1.82, 2.24) is 30.0 Å². The van der Waals surface area contributed by atoms with E-state index in [0.29, 0.717) is 34.0 Å². The fraction of sp³-hybridized carbons (Fsp3) is 0.261. The average Bonchev–Trinajstić information content (AvgIpc) is 3.49. The molecule has 0 saturated carbocycles. The third-order valence-electron chi connectivity index (χ3n) is 4.84. The molecule has 0 atom stereocenters. The van der Waals surface area contributed by atoms with Crippen LogP contribution in [0, 0.1) is 0 Å². The molecule has 33 heavy (non-hydrogen) atoms. The number of unbranched alkanes of at least 4 members (excludes halogenated alkanes) is 2. The smallest absolute Gasteiger partial charge is 0.270 e. The minimum atomic E-state index is -0.127. The molecule has 1 aromatic carbocycles. The van der Waals surface area contributed by atoms with E-state index >= 15 is 0 Å². The van der Waals surface area contributed by atoms with E-state index in [4.69, 9.17) is 11.6 Å². The molecule has 0 fully saturated rings. The number of pyridine rings is 1. The summed E-state index contributed by atoms with van der Waals surface area (Å²) in [5.74, 6) is 1.12. The van der Waals surface area contributed by atoms with Crippen molar-refractivity contribution in [3.63, 3.8) is 0 Å². The summed E-state index contributed by atoms with van der Waals surface area (Å²) in [6.45, 7) is 2.81. The maximum atomic E-state index is 12.3. The predicted octanol–water partition coefficient (Wildman–Crippen LogP) is 5.65. The van der Waals surface area contributed by atoms with Gasteiger partial charge in [-0.25, -0.2) is 4.98 Å². The van der Waals surface area contributed by atoms with Gasteiger partial charge < -0.3 is 5.32 Å². The van der Waals surface area contributed by atoms with E-state index in [1.807, 2.05) is 41.0 Å². The molecule has 0 aliphatic carbocycles. The van der Waals surface area contributed by atoms with E-state index in [9.17, 15) is 4.79 Å². The maximum absolute atomic E-state index is 12.3. The van der Waals surface area contributed by atoms with Crippen molar-refractivity contribution in [2.45, 2.75) is 37.1 Å². The molecule has 1 amide bonds. The number of thioether (sulfide) groups is 1. The molecular formula is C23H23ClN6OS2. The molecule has 0 radical (unpaired) electrons. The quantitative estimate of drug-likeness (QED) is 0.224. The van der Waals surface area contributed by atoms with Crippen molar-refractivity contribution < 1.29 is 4.79 Å². The van der Waals surface area contributed by atoms with Crippen LogP contribution in [0.5, 0.6) is 0 Å². The van der Waals surface area contributed by atoms with Crippen LogP contribution < -0.4 is 5.32 Å². The zero-order valence-electron chi connectivity index (χ0n) is 18.1. The van der Waals surface area contributed by atoms with Crippen LogP contribution in [-0.4, -0.2) is 37.2 Å². The molecule has 0 saturated heterocycles. The van der Waals surface area contributed by atoms with E-state index in [1.165, 1.54) is 23.1 Å². The SMILES string of the molecule is CCCCCNC(=O)c1csc(CSc2nnc(-c3ccncc3)n2-c2ccccc2Cl)n1. The molecule has 0 aliphatic rings. The van der Waals surface area contributed by atoms with Crippen LogP contribution in [0.25, 0.3) is 17.1 Å². The summed E-state index contributed by atoms with van der Waals surface area (Å²) in [6.07, 6.45) is 6.64. The number of hydrogen-bond acceptors (Lipinski definition) is 7. The highest BCUT2D eigenvalue weighted by molar-refractivity contribution is 7.98. The highest BCUT2D eigenvalue weighted by atomic mass is 35.5. The van der Waals surface area contributed by atoms with Gasteiger partial charge in [-0.2, -0.15) is 0 Å². The van der Waals surface area contributed by atoms with Crippen LogP contribution in [-0.2, 0) is 5.75 Å². The summed E-state index contributed by atoms with van der Waals surface area (Å²) < 4.78 is 1.94. The molecule has 0 spiro atoms. The number of rotatable bonds is 10. The Morgan fingerprint density at radius 1 is 1.15 bits per heavy atom. The zero-order valence-corrected chi connectivity index (χ0v) is 20.5. The molecule has 0 aliphatic heterocycles. The van der Waals surface area contributed by atoms with Gasteiger partial charge in [-0.05, 0) is 30.7 Å². The number of carbonyl (C=O) groups excluding carboxylic acids is 1. The average molecular weight is 499 g/mol. The molecule has 3 aromatic heterocycles. The Bertz CT molecular complexity index is 1210. The second-order valence-electron chi connectivity index (χ2n) is 7.21. The molecule has 4 rings (SSSR count). The molecule has 10 heteroatoms. The van der Waals surface area contributed by atoms with Gasteiger partial charge in [-0.15, -0.1) is 21.5 Å². The fourth-order valence-electron chi connectivity index (χ4n) is 3.18. The normalized spacial score (nSPS) is 11.0. The molecule has 0 unspecified atom stereocenters. The molecule has 4 aromatic rings. The number of para-hydroxylation sites is 1. The van der Waals surface area contributed by atoms with Crippen LogP contribution >= 0.6 is 34.7 Å². The van der Waals surface area contributed by atoms with Crippen molar-refractivity contribution in [2.75, 3.05) is 6.54 Å². The summed E-state index contributed by atoms with van der Waals surface area (Å²) in [6, 6.07) is 11.4. The van der Waals surface area contributed by atoms with Gasteiger partial charge in [0.25, 0.3) is 5.91 Å². The number of benzene rings is 1. The highest BCUT2D eigenvalue weighted by Gasteiger charge is 2.19. The van der Waals surface area contributed by atoms with Gasteiger partial charge in [0.1, 0.15) is 10.7 Å². The first kappa shape index (κ1) is 23.4. The summed E-state index contributed by atoms with van der Waals surface area (Å²) in [5, 5.41) is 15.7. The Kier molecular flexibility index (Phi) is 8.09. The van der Waals surface area contributed by atoms with Gasteiger partial charge in [0, 0.05) is 29.9 Å². The minimum absolute atomic E-state index is 0.127. The topological polar surface area (TPSA) is 85.6 Å². The Labute approximate surface area is 205 Å². The zero-order chi connectivity index (χ0) is 23.0. The summed E-state index contributed by atoms with van der Waals surface area (Å²) >= 11 is 9.48. The Morgan fingerprint density at radius 3 is 2.76 bits per heavy atom. The first-order valence-electron chi connectivity index (χ1n) is 10.6. The lowest BCUT2D eigenvalue weighted by molar-refractivity contribution is 0.0948. The van der Waals surface area contributed by atoms with Crippen LogP contribution in [0.2, 0.25) is 5.02 Å². The van der Waals surface area contributed by atoms with Gasteiger partial charge >= 0.3 is 0 Å². The standard InChI is InChI=1S/C23H23ClN6OS2/c1-2-3-6-11-26-22(31)18-14-32-20(27-18)15-33-23-29-28-21(16-9-12-25-13-10-16)30(23)19-8-5-4-7-17(19)24/h4-5,7-10,12-14H,2-3,6,11,15H2,1H3,(H,26,31). The van der Waals surface area contributed by atoms with Gasteiger partial charge in [0.05, 0.1) is 16.5 Å². The number of aromatic nitrogens is 5. The lowest BCUT2D eigenvalue weighted by Crippen LogP contribution is -2.24. The van der Waals surface area contributed by atoms with Crippen molar-refractivity contribution >= 4 is 40.6 Å². The first-order chi connectivity index (χ1) is 16.2. The molecule has 3 heterocycles. The Morgan fingerprint density at radius 2 is 1.97 bits per heavy atom. The predicted molar refractivity (Wildman–Crippen MR) is 133 cm³/mol. The van der Waals surface area contributed by atoms with E-state index in [1.54, 1.807) is 17.8 Å². The van der Waals surface area contributed by atoms with Crippen LogP contribution in [0.15, 0.2) is 59.3 Å². The fourth-order valence-corrected chi connectivity index (χ4v) is 5.13. The maximum Gasteiger partial charge on any atom is 0.270 e. The number of nitrogens with one attached hydrogen (secondary N) is 1. The van der Waals surface area contributed by atoms with Gasteiger partial charge in [-0.3, -0.25) is 14.3 Å². The third-order valence-corrected chi connectivity index (χ3v) is 7.13. The van der Waals surface area contributed by atoms with Crippen LogP contribution in [0.1, 0.15) is 41.7 Å². The number of halogens is 1. The number of nitrogens with zero attached hydrogens (tertiary/aromatic N) is 5. The lowest BCUT2D eigenvalue weighted by atomic mass is 10.2. The van der Waals surface area contributed by atoms with Crippen molar-refractivity contribution in [3.8, 4) is 17.1 Å². The Balaban J connectivity index is 1.53. The third kappa shape index (κ3) is 5.79. The second kappa shape index (κ2) is 11.4. The van der Waals surface area contributed by atoms with Crippen LogP contribution in [0.4, 0.5) is 0 Å². The highest BCUT2D eigenvalue weighted by Crippen LogP contribution is 2.32. The largest absolute Gasteiger partial charge is 0.351 e. The molecule has 1 N–H and O–H groups in total. The molecule has 170 valence electrons. The van der Waals surface area contributed by atoms with E-state index in [-0.39, 0.29) is 5.91 Å². The number of hydrogen-bond donors (Lipinski definition) is 1. The van der Waals surface area contributed by atoms with Gasteiger partial charge in [0.15, 0.2) is 11.0 Å². The number of thiazole rings is 1. The second-order valence-corrected chi connectivity index (χ2v) is 9.50. The van der Waals surface area contributed by atoms with Crippen molar-refractivity contribution in [3.05, 3.63) is 69.9 Å². The first-order valence-corrected chi connectivity index (χ1v) is 12.9. The van der Waals surface area contributed by atoms with Gasteiger partial charge in [0.2, 0.25) is 0 Å². The molecular weight excluding hydrogens is 476 g/mol. The van der Waals surface area contributed by atoms with Gasteiger partial charge in [-0.1, -0.05) is 55.3 Å². The Hall–Kier alpha value is -2.75. The minimum Gasteiger partial charge on any atom is -0.351 e.